The Bertz CT molecular complexity index is 1530. The monoisotopic (exact) mass is 594 g/mol. The summed E-state index contributed by atoms with van der Waals surface area (Å²) in [5.74, 6) is -2.28. The van der Waals surface area contributed by atoms with E-state index in [1.807, 2.05) is 13.8 Å². The van der Waals surface area contributed by atoms with Gasteiger partial charge in [0.05, 0.1) is 6.26 Å². The second-order valence-corrected chi connectivity index (χ2v) is 12.7. The number of thiazole rings is 1. The van der Waals surface area contributed by atoms with Crippen LogP contribution in [0.25, 0.3) is 0 Å². The number of benzene rings is 1. The summed E-state index contributed by atoms with van der Waals surface area (Å²) in [7, 11) is -2.25. The highest BCUT2D eigenvalue weighted by Crippen LogP contribution is 2.41. The molecule has 0 unspecified atom stereocenters. The Balaban J connectivity index is 1.58. The lowest BCUT2D eigenvalue weighted by Crippen LogP contribution is -2.71. The first kappa shape index (κ1) is 28.4. The van der Waals surface area contributed by atoms with E-state index in [1.54, 1.807) is 12.1 Å². The first-order chi connectivity index (χ1) is 18.3. The number of oxime groups is 1. The third-order valence-corrected chi connectivity index (χ3v) is 8.80. The Morgan fingerprint density at radius 1 is 1.33 bits per heavy atom. The topological polar surface area (TPSA) is 193 Å². The van der Waals surface area contributed by atoms with Crippen LogP contribution in [0.2, 0.25) is 0 Å². The molecule has 0 radical (unpaired) electrons. The van der Waals surface area contributed by atoms with E-state index in [0.29, 0.717) is 11.3 Å². The highest BCUT2D eigenvalue weighted by molar-refractivity contribution is 8.00. The predicted molar refractivity (Wildman–Crippen MR) is 148 cm³/mol. The number of nitrogens with one attached hydrogen (secondary N) is 2. The summed E-state index contributed by atoms with van der Waals surface area (Å²) in [5, 5.41) is 17.5. The number of sulfonamides is 1. The maximum absolute atomic E-state index is 13.1. The van der Waals surface area contributed by atoms with Crippen LogP contribution in [0.3, 0.4) is 0 Å². The fourth-order valence-electron chi connectivity index (χ4n) is 4.34. The van der Waals surface area contributed by atoms with E-state index in [-0.39, 0.29) is 34.4 Å². The van der Waals surface area contributed by atoms with Gasteiger partial charge in [-0.1, -0.05) is 5.16 Å². The van der Waals surface area contributed by atoms with Gasteiger partial charge in [-0.15, -0.1) is 23.1 Å². The van der Waals surface area contributed by atoms with Crippen LogP contribution in [0.4, 0.5) is 10.8 Å². The number of carboxylic acids is 1. The van der Waals surface area contributed by atoms with Crippen molar-refractivity contribution >= 4 is 67.4 Å². The van der Waals surface area contributed by atoms with Crippen molar-refractivity contribution in [2.75, 3.05) is 29.6 Å². The fraction of sp³-hybridized carbons (Fsp3) is 0.348. The second-order valence-electron chi connectivity index (χ2n) is 8.94. The number of thioether (sulfide) groups is 1. The van der Waals surface area contributed by atoms with Gasteiger partial charge in [0, 0.05) is 16.8 Å². The Morgan fingerprint density at radius 2 is 2.05 bits per heavy atom. The molecule has 3 heterocycles. The molecule has 39 heavy (non-hydrogen) atoms. The zero-order valence-electron chi connectivity index (χ0n) is 21.3. The number of hydrogen-bond donors (Lipinski definition) is 4. The van der Waals surface area contributed by atoms with Crippen LogP contribution in [0.5, 0.6) is 0 Å². The average Bonchev–Trinajstić information content (AvgIpc) is 3.28. The van der Waals surface area contributed by atoms with E-state index >= 15 is 0 Å². The van der Waals surface area contributed by atoms with Crippen molar-refractivity contribution in [3.63, 3.8) is 0 Å². The van der Waals surface area contributed by atoms with Crippen LogP contribution in [0, 0.1) is 13.8 Å². The summed E-state index contributed by atoms with van der Waals surface area (Å²) in [5.41, 5.74) is 8.83. The zero-order chi connectivity index (χ0) is 28.6. The number of nitrogens with two attached hydrogens (primary N) is 1. The molecule has 1 saturated heterocycles. The number of anilines is 2. The van der Waals surface area contributed by atoms with Gasteiger partial charge in [0.1, 0.15) is 29.9 Å². The number of aryl methyl sites for hydroxylation is 1. The number of nitrogen functional groups attached to an aromatic ring is 1. The Labute approximate surface area is 232 Å². The van der Waals surface area contributed by atoms with E-state index in [4.69, 9.17) is 10.6 Å². The number of β-lactam (4-membered cyclic amide) rings is 1. The molecule has 1 fully saturated rings. The summed E-state index contributed by atoms with van der Waals surface area (Å²) in [6, 6.07) is 2.38. The minimum Gasteiger partial charge on any atom is -0.477 e. The van der Waals surface area contributed by atoms with Crippen molar-refractivity contribution < 1.29 is 32.7 Å². The molecule has 2 atom stereocenters. The molecule has 4 rings (SSSR count). The summed E-state index contributed by atoms with van der Waals surface area (Å²) in [6.45, 7) is 3.70. The SMILES string of the molecule is CON=C(C(=O)N[C@@H]1C(=O)N2C(C(=O)O)=C(Cc3cc(NS(C)(=O)=O)cc(C)c3C)CS[C@H]12)c1csc(N)n1. The largest absolute Gasteiger partial charge is 0.477 e. The van der Waals surface area contributed by atoms with Crippen molar-refractivity contribution in [2.24, 2.45) is 5.16 Å². The molecule has 2 aromatic rings. The van der Waals surface area contributed by atoms with E-state index in [2.05, 4.69) is 20.2 Å². The number of aromatic nitrogens is 1. The molecule has 13 nitrogen and oxygen atoms in total. The molecule has 0 aliphatic carbocycles. The molecule has 1 aromatic carbocycles. The Morgan fingerprint density at radius 3 is 2.64 bits per heavy atom. The Kier molecular flexibility index (Phi) is 7.90. The minimum absolute atomic E-state index is 0.147. The first-order valence-corrected chi connectivity index (χ1v) is 15.2. The number of aliphatic carboxylic acids is 1. The summed E-state index contributed by atoms with van der Waals surface area (Å²) in [6.07, 6.45) is 1.25. The summed E-state index contributed by atoms with van der Waals surface area (Å²) in [4.78, 5) is 48.3. The second kappa shape index (κ2) is 10.9. The van der Waals surface area contributed by atoms with Crippen LogP contribution in [-0.4, -0.2) is 77.4 Å². The molecular formula is C23H26N6O7S3. The molecule has 2 aliphatic rings. The summed E-state index contributed by atoms with van der Waals surface area (Å²) >= 11 is 2.43. The molecule has 0 spiro atoms. The van der Waals surface area contributed by atoms with E-state index < -0.39 is 39.2 Å². The smallest absolute Gasteiger partial charge is 0.352 e. The fourth-order valence-corrected chi connectivity index (χ4v) is 6.78. The maximum Gasteiger partial charge on any atom is 0.352 e. The van der Waals surface area contributed by atoms with E-state index in [1.165, 1.54) is 29.2 Å². The highest BCUT2D eigenvalue weighted by Gasteiger charge is 2.54. The van der Waals surface area contributed by atoms with Crippen molar-refractivity contribution in [1.82, 2.24) is 15.2 Å². The number of carbonyl (C=O) groups is 3. The van der Waals surface area contributed by atoms with Crippen LogP contribution in [0.15, 0.2) is 33.9 Å². The number of hydrogen-bond acceptors (Lipinski definition) is 11. The van der Waals surface area contributed by atoms with Crippen LogP contribution in [-0.2, 0) is 35.7 Å². The average molecular weight is 595 g/mol. The molecule has 208 valence electrons. The number of carboxylic acid groups (broad SMARTS) is 1. The molecule has 16 heteroatoms. The van der Waals surface area contributed by atoms with E-state index in [0.717, 1.165) is 34.3 Å². The predicted octanol–water partition coefficient (Wildman–Crippen LogP) is 1.05. The molecule has 5 N–H and O–H groups in total. The lowest BCUT2D eigenvalue weighted by molar-refractivity contribution is -0.150. The number of rotatable bonds is 9. The normalized spacial score (nSPS) is 19.3. The summed E-state index contributed by atoms with van der Waals surface area (Å²) < 4.78 is 25.9. The van der Waals surface area contributed by atoms with Gasteiger partial charge in [-0.3, -0.25) is 19.2 Å². The number of amides is 2. The Hall–Kier alpha value is -3.63. The van der Waals surface area contributed by atoms with Gasteiger partial charge in [-0.05, 0) is 54.7 Å². The van der Waals surface area contributed by atoms with Crippen LogP contribution < -0.4 is 15.8 Å². The molecule has 2 amide bonds. The van der Waals surface area contributed by atoms with E-state index in [9.17, 15) is 27.9 Å². The van der Waals surface area contributed by atoms with Gasteiger partial charge < -0.3 is 21.0 Å². The third kappa shape index (κ3) is 5.86. The number of carbonyl (C=O) groups excluding carboxylic acids is 2. The molecule has 2 aliphatic heterocycles. The standard InChI is InChI=1S/C23H26N6O7S3/c1-10-5-14(28-39(4,34)35)7-12(11(10)2)6-13-8-37-21-17(20(31)29(21)18(13)22(32)33)26-19(30)16(27-36-3)15-9-38-23(24)25-15/h5,7,9,17,21,28H,6,8H2,1-4H3,(H2,24,25)(H,26,30)(H,32,33)/t17-,21-/m1/s1. The molecule has 0 bridgehead atoms. The van der Waals surface area contributed by atoms with Gasteiger partial charge in [0.25, 0.3) is 11.8 Å². The number of nitrogens with zero attached hydrogens (tertiary/aromatic N) is 3. The molecule has 1 aromatic heterocycles. The van der Waals surface area contributed by atoms with Crippen molar-refractivity contribution in [3.8, 4) is 0 Å². The van der Waals surface area contributed by atoms with Gasteiger partial charge in [-0.2, -0.15) is 0 Å². The third-order valence-electron chi connectivity index (χ3n) is 6.18. The van der Waals surface area contributed by atoms with Crippen molar-refractivity contribution in [2.45, 2.75) is 31.7 Å². The first-order valence-electron chi connectivity index (χ1n) is 11.4. The van der Waals surface area contributed by atoms with Gasteiger partial charge >= 0.3 is 5.97 Å². The zero-order valence-corrected chi connectivity index (χ0v) is 23.8. The molecule has 0 saturated carbocycles. The van der Waals surface area contributed by atoms with Crippen molar-refractivity contribution in [3.05, 3.63) is 51.2 Å². The van der Waals surface area contributed by atoms with Gasteiger partial charge in [0.2, 0.25) is 10.0 Å². The minimum atomic E-state index is -3.51. The lowest BCUT2D eigenvalue weighted by atomic mass is 9.94. The lowest BCUT2D eigenvalue weighted by Gasteiger charge is -2.49. The maximum atomic E-state index is 13.1. The number of fused-ring (bicyclic) bond motifs is 1. The van der Waals surface area contributed by atoms with Gasteiger partial charge in [0.15, 0.2) is 10.8 Å². The van der Waals surface area contributed by atoms with Crippen molar-refractivity contribution in [1.29, 1.82) is 0 Å². The van der Waals surface area contributed by atoms with Gasteiger partial charge in [-0.25, -0.2) is 18.2 Å². The van der Waals surface area contributed by atoms with Crippen LogP contribution >= 0.6 is 23.1 Å². The quantitative estimate of drug-likeness (QED) is 0.185. The molecular weight excluding hydrogens is 568 g/mol. The highest BCUT2D eigenvalue weighted by atomic mass is 32.2. The van der Waals surface area contributed by atoms with Crippen LogP contribution in [0.1, 0.15) is 22.4 Å².